The highest BCUT2D eigenvalue weighted by molar-refractivity contribution is 5.85. The number of nitrogens with one attached hydrogen (secondary N) is 2. The van der Waals surface area contributed by atoms with Crippen LogP contribution in [-0.4, -0.2) is 37.8 Å². The summed E-state index contributed by atoms with van der Waals surface area (Å²) in [7, 11) is 3.21. The van der Waals surface area contributed by atoms with Crippen molar-refractivity contribution in [3.8, 4) is 23.3 Å². The summed E-state index contributed by atoms with van der Waals surface area (Å²) in [4.78, 5) is 16.3. The van der Waals surface area contributed by atoms with Crippen molar-refractivity contribution >= 4 is 16.8 Å². The summed E-state index contributed by atoms with van der Waals surface area (Å²) < 4.78 is 17.0. The standard InChI is InChI=1S/C28H27N3O4/c1-18(35-20-9-6-8-19(14-20)15-29)28(32)31-17-24(22-11-7-13-26(33-2)27(22)34-3)23-16-30-25-12-5-4-10-21(23)25/h4-14,16,18,24,30H,17H2,1-3H3,(H,31,32). The van der Waals surface area contributed by atoms with E-state index in [0.717, 1.165) is 22.0 Å². The van der Waals surface area contributed by atoms with Crippen LogP contribution >= 0.6 is 0 Å². The van der Waals surface area contributed by atoms with Gasteiger partial charge in [-0.05, 0) is 42.8 Å². The quantitative estimate of drug-likeness (QED) is 0.368. The lowest BCUT2D eigenvalue weighted by atomic mass is 9.89. The third-order valence-electron chi connectivity index (χ3n) is 5.93. The number of nitrogens with zero attached hydrogens (tertiary/aromatic N) is 1. The number of aromatic nitrogens is 1. The van der Waals surface area contributed by atoms with Crippen molar-refractivity contribution in [3.05, 3.63) is 89.6 Å². The van der Waals surface area contributed by atoms with Crippen LogP contribution < -0.4 is 19.5 Å². The maximum Gasteiger partial charge on any atom is 0.260 e. The molecule has 4 aromatic rings. The van der Waals surface area contributed by atoms with Gasteiger partial charge in [-0.1, -0.05) is 36.4 Å². The van der Waals surface area contributed by atoms with Gasteiger partial charge in [0.25, 0.3) is 5.91 Å². The molecule has 0 spiro atoms. The van der Waals surface area contributed by atoms with E-state index in [0.29, 0.717) is 29.4 Å². The van der Waals surface area contributed by atoms with Crippen LogP contribution in [0.2, 0.25) is 0 Å². The predicted octanol–water partition coefficient (Wildman–Crippen LogP) is 4.77. The van der Waals surface area contributed by atoms with Crippen LogP contribution in [0.15, 0.2) is 72.9 Å². The zero-order valence-electron chi connectivity index (χ0n) is 19.9. The molecule has 4 rings (SSSR count). The van der Waals surface area contributed by atoms with Crippen molar-refractivity contribution in [2.45, 2.75) is 18.9 Å². The minimum atomic E-state index is -0.750. The fraction of sp³-hybridized carbons (Fsp3) is 0.214. The highest BCUT2D eigenvalue weighted by Crippen LogP contribution is 2.40. The van der Waals surface area contributed by atoms with Gasteiger partial charge in [-0.15, -0.1) is 0 Å². The second-order valence-electron chi connectivity index (χ2n) is 8.07. The molecule has 7 nitrogen and oxygen atoms in total. The molecule has 0 radical (unpaired) electrons. The number of rotatable bonds is 9. The monoisotopic (exact) mass is 469 g/mol. The van der Waals surface area contributed by atoms with E-state index in [1.54, 1.807) is 45.4 Å². The van der Waals surface area contributed by atoms with E-state index in [-0.39, 0.29) is 11.8 Å². The van der Waals surface area contributed by atoms with Gasteiger partial charge in [0.2, 0.25) is 0 Å². The molecule has 1 amide bonds. The van der Waals surface area contributed by atoms with Crippen molar-refractivity contribution in [2.24, 2.45) is 0 Å². The Kier molecular flexibility index (Phi) is 7.22. The van der Waals surface area contributed by atoms with E-state index in [1.807, 2.05) is 42.6 Å². The number of methoxy groups -OCH3 is 2. The van der Waals surface area contributed by atoms with Crippen molar-refractivity contribution in [3.63, 3.8) is 0 Å². The number of ether oxygens (including phenoxy) is 3. The number of para-hydroxylation sites is 2. The third-order valence-corrected chi connectivity index (χ3v) is 5.93. The van der Waals surface area contributed by atoms with Gasteiger partial charge in [0.05, 0.1) is 25.9 Å². The van der Waals surface area contributed by atoms with Crippen LogP contribution in [0.5, 0.6) is 17.2 Å². The minimum Gasteiger partial charge on any atom is -0.493 e. The van der Waals surface area contributed by atoms with Gasteiger partial charge in [-0.25, -0.2) is 0 Å². The van der Waals surface area contributed by atoms with Gasteiger partial charge in [0, 0.05) is 35.1 Å². The van der Waals surface area contributed by atoms with Crippen molar-refractivity contribution in [1.29, 1.82) is 5.26 Å². The maximum absolute atomic E-state index is 13.0. The van der Waals surface area contributed by atoms with E-state index >= 15 is 0 Å². The number of nitriles is 1. The largest absolute Gasteiger partial charge is 0.493 e. The number of carbonyl (C=O) groups excluding carboxylic acids is 1. The Morgan fingerprint density at radius 3 is 2.60 bits per heavy atom. The van der Waals surface area contributed by atoms with Crippen LogP contribution in [0.25, 0.3) is 10.9 Å². The summed E-state index contributed by atoms with van der Waals surface area (Å²) >= 11 is 0. The highest BCUT2D eigenvalue weighted by atomic mass is 16.5. The van der Waals surface area contributed by atoms with Crippen molar-refractivity contribution < 1.29 is 19.0 Å². The van der Waals surface area contributed by atoms with Gasteiger partial charge in [-0.3, -0.25) is 4.79 Å². The first-order valence-electron chi connectivity index (χ1n) is 11.3. The second-order valence-corrected chi connectivity index (χ2v) is 8.07. The molecule has 0 bridgehead atoms. The number of aromatic amines is 1. The van der Waals surface area contributed by atoms with Crippen molar-refractivity contribution in [2.75, 3.05) is 20.8 Å². The molecule has 7 heteroatoms. The van der Waals surface area contributed by atoms with Gasteiger partial charge in [0.1, 0.15) is 5.75 Å². The highest BCUT2D eigenvalue weighted by Gasteiger charge is 2.25. The number of hydrogen-bond donors (Lipinski definition) is 2. The minimum absolute atomic E-state index is 0.214. The van der Waals surface area contributed by atoms with Crippen LogP contribution in [0, 0.1) is 11.3 Å². The first kappa shape index (κ1) is 23.7. The Balaban J connectivity index is 1.61. The SMILES string of the molecule is COc1cccc(C(CNC(=O)C(C)Oc2cccc(C#N)c2)c2c[nH]c3ccccc23)c1OC. The Hall–Kier alpha value is -4.44. The average molecular weight is 470 g/mol. The molecule has 2 unspecified atom stereocenters. The Morgan fingerprint density at radius 1 is 1.03 bits per heavy atom. The van der Waals surface area contributed by atoms with Gasteiger partial charge >= 0.3 is 0 Å². The van der Waals surface area contributed by atoms with Gasteiger partial charge in [-0.2, -0.15) is 5.26 Å². The number of H-pyrrole nitrogens is 1. The molecular weight excluding hydrogens is 442 g/mol. The van der Waals surface area contributed by atoms with Crippen LogP contribution in [0.1, 0.15) is 29.5 Å². The zero-order chi connectivity index (χ0) is 24.8. The molecular formula is C28H27N3O4. The van der Waals surface area contributed by atoms with Gasteiger partial charge < -0.3 is 24.5 Å². The zero-order valence-corrected chi connectivity index (χ0v) is 19.9. The number of amides is 1. The Bertz CT molecular complexity index is 1370. The van der Waals surface area contributed by atoms with E-state index in [9.17, 15) is 4.79 Å². The normalized spacial score (nSPS) is 12.4. The molecule has 0 aliphatic carbocycles. The molecule has 0 fully saturated rings. The summed E-state index contributed by atoms with van der Waals surface area (Å²) in [5, 5.41) is 13.2. The van der Waals surface area contributed by atoms with Crippen LogP contribution in [-0.2, 0) is 4.79 Å². The lowest BCUT2D eigenvalue weighted by Gasteiger charge is -2.23. The molecule has 3 aromatic carbocycles. The summed E-state index contributed by atoms with van der Waals surface area (Å²) in [6.07, 6.45) is 1.22. The fourth-order valence-electron chi connectivity index (χ4n) is 4.20. The summed E-state index contributed by atoms with van der Waals surface area (Å²) in [5.41, 5.74) is 3.41. The second kappa shape index (κ2) is 10.7. The predicted molar refractivity (Wildman–Crippen MR) is 134 cm³/mol. The Morgan fingerprint density at radius 2 is 1.83 bits per heavy atom. The molecule has 2 atom stereocenters. The van der Waals surface area contributed by atoms with E-state index in [2.05, 4.69) is 22.4 Å². The topological polar surface area (TPSA) is 96.4 Å². The lowest BCUT2D eigenvalue weighted by molar-refractivity contribution is -0.127. The lowest BCUT2D eigenvalue weighted by Crippen LogP contribution is -2.38. The molecule has 0 aliphatic heterocycles. The summed E-state index contributed by atoms with van der Waals surface area (Å²) in [6, 6.07) is 22.6. The average Bonchev–Trinajstić information content (AvgIpc) is 3.32. The molecule has 0 aliphatic rings. The fourth-order valence-corrected chi connectivity index (χ4v) is 4.20. The number of fused-ring (bicyclic) bond motifs is 1. The number of hydrogen-bond acceptors (Lipinski definition) is 5. The van der Waals surface area contributed by atoms with Gasteiger partial charge in [0.15, 0.2) is 17.6 Å². The first-order valence-corrected chi connectivity index (χ1v) is 11.3. The molecule has 1 heterocycles. The molecule has 0 saturated heterocycles. The third kappa shape index (κ3) is 5.07. The van der Waals surface area contributed by atoms with Crippen molar-refractivity contribution in [1.82, 2.24) is 10.3 Å². The number of carbonyl (C=O) groups is 1. The molecule has 178 valence electrons. The van der Waals surface area contributed by atoms with E-state index in [4.69, 9.17) is 19.5 Å². The summed E-state index contributed by atoms with van der Waals surface area (Å²) in [5.74, 6) is 1.23. The van der Waals surface area contributed by atoms with E-state index in [1.165, 1.54) is 0 Å². The Labute approximate surface area is 204 Å². The first-order chi connectivity index (χ1) is 17.0. The molecule has 2 N–H and O–H groups in total. The van der Waals surface area contributed by atoms with Crippen LogP contribution in [0.3, 0.4) is 0 Å². The number of benzene rings is 3. The molecule has 35 heavy (non-hydrogen) atoms. The molecule has 1 aromatic heterocycles. The summed E-state index contributed by atoms with van der Waals surface area (Å²) in [6.45, 7) is 2.00. The molecule has 0 saturated carbocycles. The van der Waals surface area contributed by atoms with E-state index < -0.39 is 6.10 Å². The smallest absolute Gasteiger partial charge is 0.260 e. The maximum atomic E-state index is 13.0. The van der Waals surface area contributed by atoms with Crippen LogP contribution in [0.4, 0.5) is 0 Å².